The molecular formula is C15H30N2O. The maximum Gasteiger partial charge on any atom is 0.0594 e. The summed E-state index contributed by atoms with van der Waals surface area (Å²) < 4.78 is 5.92. The van der Waals surface area contributed by atoms with Crippen molar-refractivity contribution >= 4 is 0 Å². The van der Waals surface area contributed by atoms with Gasteiger partial charge in [0.15, 0.2) is 0 Å². The van der Waals surface area contributed by atoms with Crippen molar-refractivity contribution in [2.75, 3.05) is 33.3 Å². The van der Waals surface area contributed by atoms with Gasteiger partial charge in [-0.2, -0.15) is 0 Å². The largest absolute Gasteiger partial charge is 0.377 e. The Morgan fingerprint density at radius 1 is 1.06 bits per heavy atom. The van der Waals surface area contributed by atoms with Gasteiger partial charge in [-0.15, -0.1) is 0 Å². The Morgan fingerprint density at radius 2 is 1.83 bits per heavy atom. The zero-order chi connectivity index (χ0) is 12.6. The van der Waals surface area contributed by atoms with Gasteiger partial charge in [-0.1, -0.05) is 25.7 Å². The molecule has 1 N–H and O–H groups in total. The SMILES string of the molecule is CN1CCCCC1CNCCOC1CCCCC1. The average molecular weight is 254 g/mol. The van der Waals surface area contributed by atoms with E-state index in [1.165, 1.54) is 57.9 Å². The lowest BCUT2D eigenvalue weighted by Gasteiger charge is -2.32. The Kier molecular flexibility index (Phi) is 6.46. The number of likely N-dealkylation sites (N-methyl/N-ethyl adjacent to an activating group) is 1. The molecule has 3 heteroatoms. The van der Waals surface area contributed by atoms with Gasteiger partial charge < -0.3 is 15.0 Å². The van der Waals surface area contributed by atoms with E-state index < -0.39 is 0 Å². The number of likely N-dealkylation sites (tertiary alicyclic amines) is 1. The molecule has 106 valence electrons. The van der Waals surface area contributed by atoms with Crippen LogP contribution in [0.5, 0.6) is 0 Å². The predicted molar refractivity (Wildman–Crippen MR) is 76.0 cm³/mol. The minimum Gasteiger partial charge on any atom is -0.377 e. The Morgan fingerprint density at radius 3 is 2.61 bits per heavy atom. The van der Waals surface area contributed by atoms with E-state index in [-0.39, 0.29) is 0 Å². The van der Waals surface area contributed by atoms with E-state index in [0.717, 1.165) is 25.7 Å². The fourth-order valence-electron chi connectivity index (χ4n) is 3.20. The van der Waals surface area contributed by atoms with Gasteiger partial charge in [-0.25, -0.2) is 0 Å². The second kappa shape index (κ2) is 8.13. The molecule has 0 bridgehead atoms. The predicted octanol–water partition coefficient (Wildman–Crippen LogP) is 2.41. The van der Waals surface area contributed by atoms with E-state index in [2.05, 4.69) is 17.3 Å². The first kappa shape index (κ1) is 14.3. The minimum absolute atomic E-state index is 0.554. The number of hydrogen-bond donors (Lipinski definition) is 1. The summed E-state index contributed by atoms with van der Waals surface area (Å²) in [5, 5.41) is 3.56. The molecule has 0 radical (unpaired) electrons. The lowest BCUT2D eigenvalue weighted by Crippen LogP contribution is -2.43. The molecule has 1 saturated heterocycles. The topological polar surface area (TPSA) is 24.5 Å². The van der Waals surface area contributed by atoms with Crippen molar-refractivity contribution in [3.05, 3.63) is 0 Å². The van der Waals surface area contributed by atoms with Gasteiger partial charge in [-0.3, -0.25) is 0 Å². The molecule has 0 aromatic rings. The van der Waals surface area contributed by atoms with Crippen LogP contribution in [0.2, 0.25) is 0 Å². The molecule has 1 aliphatic heterocycles. The fourth-order valence-corrected chi connectivity index (χ4v) is 3.20. The van der Waals surface area contributed by atoms with E-state index in [4.69, 9.17) is 4.74 Å². The molecule has 3 nitrogen and oxygen atoms in total. The summed E-state index contributed by atoms with van der Waals surface area (Å²) in [5.41, 5.74) is 0. The number of nitrogens with zero attached hydrogens (tertiary/aromatic N) is 1. The zero-order valence-corrected chi connectivity index (χ0v) is 12.0. The normalized spacial score (nSPS) is 27.5. The molecule has 0 aromatic carbocycles. The third-order valence-corrected chi connectivity index (χ3v) is 4.49. The number of piperidine rings is 1. The molecular weight excluding hydrogens is 224 g/mol. The van der Waals surface area contributed by atoms with Crippen molar-refractivity contribution in [2.45, 2.75) is 63.5 Å². The van der Waals surface area contributed by atoms with Crippen molar-refractivity contribution in [1.29, 1.82) is 0 Å². The molecule has 1 atom stereocenters. The number of ether oxygens (including phenoxy) is 1. The second-order valence-electron chi connectivity index (χ2n) is 5.97. The monoisotopic (exact) mass is 254 g/mol. The third-order valence-electron chi connectivity index (χ3n) is 4.49. The Labute approximate surface area is 112 Å². The summed E-state index contributed by atoms with van der Waals surface area (Å²) in [6, 6.07) is 0.744. The third kappa shape index (κ3) is 4.87. The van der Waals surface area contributed by atoms with Crippen molar-refractivity contribution in [3.63, 3.8) is 0 Å². The highest BCUT2D eigenvalue weighted by molar-refractivity contribution is 4.76. The standard InChI is InChI=1S/C15H30N2O/c1-17-11-6-5-7-14(17)13-16-10-12-18-15-8-3-2-4-9-15/h14-16H,2-13H2,1H3. The van der Waals surface area contributed by atoms with Gasteiger partial charge in [-0.05, 0) is 39.3 Å². The van der Waals surface area contributed by atoms with E-state index in [1.807, 2.05) is 0 Å². The Balaban J connectivity index is 1.47. The molecule has 1 heterocycles. The molecule has 0 aromatic heterocycles. The van der Waals surface area contributed by atoms with Crippen molar-refractivity contribution in [3.8, 4) is 0 Å². The number of hydrogen-bond acceptors (Lipinski definition) is 3. The summed E-state index contributed by atoms with van der Waals surface area (Å²) in [5.74, 6) is 0. The minimum atomic E-state index is 0.554. The van der Waals surface area contributed by atoms with E-state index in [1.54, 1.807) is 0 Å². The molecule has 1 saturated carbocycles. The van der Waals surface area contributed by atoms with Gasteiger partial charge in [0.1, 0.15) is 0 Å². The van der Waals surface area contributed by atoms with E-state index >= 15 is 0 Å². The van der Waals surface area contributed by atoms with E-state index in [9.17, 15) is 0 Å². The van der Waals surface area contributed by atoms with Crippen LogP contribution in [-0.2, 0) is 4.74 Å². The molecule has 0 amide bonds. The highest BCUT2D eigenvalue weighted by atomic mass is 16.5. The smallest absolute Gasteiger partial charge is 0.0594 e. The van der Waals surface area contributed by atoms with Crippen molar-refractivity contribution in [1.82, 2.24) is 10.2 Å². The number of nitrogens with one attached hydrogen (secondary N) is 1. The summed E-state index contributed by atoms with van der Waals surface area (Å²) in [6.45, 7) is 4.30. The highest BCUT2D eigenvalue weighted by Gasteiger charge is 2.18. The maximum atomic E-state index is 5.92. The molecule has 2 aliphatic rings. The molecule has 0 spiro atoms. The van der Waals surface area contributed by atoms with Crippen LogP contribution in [0, 0.1) is 0 Å². The van der Waals surface area contributed by atoms with Crippen molar-refractivity contribution < 1.29 is 4.74 Å². The zero-order valence-electron chi connectivity index (χ0n) is 12.0. The lowest BCUT2D eigenvalue weighted by molar-refractivity contribution is 0.0295. The Hall–Kier alpha value is -0.120. The Bertz CT molecular complexity index is 217. The molecule has 18 heavy (non-hydrogen) atoms. The first-order valence-corrected chi connectivity index (χ1v) is 7.89. The van der Waals surface area contributed by atoms with Gasteiger partial charge in [0.25, 0.3) is 0 Å². The maximum absolute atomic E-state index is 5.92. The summed E-state index contributed by atoms with van der Waals surface area (Å²) in [7, 11) is 2.25. The van der Waals surface area contributed by atoms with Crippen LogP contribution >= 0.6 is 0 Å². The highest BCUT2D eigenvalue weighted by Crippen LogP contribution is 2.19. The summed E-state index contributed by atoms with van der Waals surface area (Å²) >= 11 is 0. The molecule has 1 unspecified atom stereocenters. The van der Waals surface area contributed by atoms with Gasteiger partial charge in [0.2, 0.25) is 0 Å². The molecule has 2 rings (SSSR count). The average Bonchev–Trinajstić information content (AvgIpc) is 2.42. The summed E-state index contributed by atoms with van der Waals surface area (Å²) in [6.07, 6.45) is 11.4. The van der Waals surface area contributed by atoms with E-state index in [0.29, 0.717) is 6.10 Å². The quantitative estimate of drug-likeness (QED) is 0.737. The van der Waals surface area contributed by atoms with Gasteiger partial charge >= 0.3 is 0 Å². The van der Waals surface area contributed by atoms with Crippen LogP contribution in [-0.4, -0.2) is 50.3 Å². The molecule has 2 fully saturated rings. The number of rotatable bonds is 6. The van der Waals surface area contributed by atoms with Crippen LogP contribution in [0.15, 0.2) is 0 Å². The van der Waals surface area contributed by atoms with Gasteiger partial charge in [0, 0.05) is 19.1 Å². The van der Waals surface area contributed by atoms with Crippen LogP contribution in [0.1, 0.15) is 51.4 Å². The fraction of sp³-hybridized carbons (Fsp3) is 1.00. The molecule has 1 aliphatic carbocycles. The first-order valence-electron chi connectivity index (χ1n) is 7.89. The van der Waals surface area contributed by atoms with Crippen molar-refractivity contribution in [2.24, 2.45) is 0 Å². The lowest BCUT2D eigenvalue weighted by atomic mass is 9.98. The van der Waals surface area contributed by atoms with Crippen LogP contribution in [0.25, 0.3) is 0 Å². The second-order valence-corrected chi connectivity index (χ2v) is 5.97. The van der Waals surface area contributed by atoms with Crippen LogP contribution in [0.4, 0.5) is 0 Å². The summed E-state index contributed by atoms with van der Waals surface area (Å²) in [4.78, 5) is 2.50. The van der Waals surface area contributed by atoms with Crippen LogP contribution < -0.4 is 5.32 Å². The first-order chi connectivity index (χ1) is 8.86. The van der Waals surface area contributed by atoms with Gasteiger partial charge in [0.05, 0.1) is 12.7 Å². The van der Waals surface area contributed by atoms with Crippen LogP contribution in [0.3, 0.4) is 0 Å².